The molecule has 0 aliphatic heterocycles. The Labute approximate surface area is 115 Å². The molecular weight excluding hydrogens is 325 g/mol. The first-order chi connectivity index (χ1) is 8.22. The molecule has 0 aromatic heterocycles. The molecule has 0 radical (unpaired) electrons. The number of hydrogen-bond donors (Lipinski definition) is 1. The molecule has 0 spiro atoms. The number of hydrogen-bond acceptors (Lipinski definition) is 1. The van der Waals surface area contributed by atoms with Crippen LogP contribution in [0.4, 0.5) is 5.69 Å². The van der Waals surface area contributed by atoms with Gasteiger partial charge in [0.05, 0.1) is 0 Å². The smallest absolute Gasteiger partial charge is 0.228 e. The zero-order valence-electron chi connectivity index (χ0n) is 9.40. The lowest BCUT2D eigenvalue weighted by atomic mass is 9.93. The summed E-state index contributed by atoms with van der Waals surface area (Å²) in [5, 5.41) is 3.03. The van der Waals surface area contributed by atoms with E-state index < -0.39 is 0 Å². The number of carbonyl (C=O) groups is 1. The van der Waals surface area contributed by atoms with E-state index in [0.29, 0.717) is 11.8 Å². The van der Waals surface area contributed by atoms with Crippen molar-refractivity contribution in [3.63, 3.8) is 0 Å². The fourth-order valence-electron chi connectivity index (χ4n) is 2.88. The minimum absolute atomic E-state index is 0.183. The second kappa shape index (κ2) is 4.44. The molecular formula is C14H14INO. The fourth-order valence-corrected chi connectivity index (χ4v) is 3.43. The predicted molar refractivity (Wildman–Crippen MR) is 76.6 cm³/mol. The van der Waals surface area contributed by atoms with Crippen LogP contribution in [0.5, 0.6) is 0 Å². The molecule has 1 amide bonds. The van der Waals surface area contributed by atoms with Gasteiger partial charge in [0.2, 0.25) is 5.91 Å². The van der Waals surface area contributed by atoms with Crippen molar-refractivity contribution < 1.29 is 4.79 Å². The van der Waals surface area contributed by atoms with Gasteiger partial charge in [0, 0.05) is 15.2 Å². The maximum Gasteiger partial charge on any atom is 0.228 e. The molecule has 1 fully saturated rings. The van der Waals surface area contributed by atoms with Crippen molar-refractivity contribution in [2.75, 3.05) is 5.32 Å². The molecule has 17 heavy (non-hydrogen) atoms. The first-order valence-corrected chi connectivity index (χ1v) is 7.05. The Morgan fingerprint density at radius 2 is 2.18 bits per heavy atom. The highest BCUT2D eigenvalue weighted by Gasteiger charge is 2.39. The van der Waals surface area contributed by atoms with Crippen LogP contribution < -0.4 is 5.32 Å². The molecule has 3 atom stereocenters. The number of carbonyl (C=O) groups excluding carboxylic acids is 1. The number of allylic oxidation sites excluding steroid dienone is 2. The van der Waals surface area contributed by atoms with Gasteiger partial charge in [-0.15, -0.1) is 0 Å². The summed E-state index contributed by atoms with van der Waals surface area (Å²) in [4.78, 5) is 12.2. The van der Waals surface area contributed by atoms with Gasteiger partial charge in [0.1, 0.15) is 0 Å². The monoisotopic (exact) mass is 339 g/mol. The molecule has 0 heterocycles. The van der Waals surface area contributed by atoms with Crippen molar-refractivity contribution >= 4 is 34.2 Å². The van der Waals surface area contributed by atoms with Crippen LogP contribution in [0.15, 0.2) is 36.4 Å². The largest absolute Gasteiger partial charge is 0.326 e. The summed E-state index contributed by atoms with van der Waals surface area (Å²) >= 11 is 2.26. The van der Waals surface area contributed by atoms with Crippen LogP contribution in [-0.4, -0.2) is 5.91 Å². The van der Waals surface area contributed by atoms with Crippen molar-refractivity contribution in [1.29, 1.82) is 0 Å². The van der Waals surface area contributed by atoms with E-state index in [1.54, 1.807) is 0 Å². The summed E-state index contributed by atoms with van der Waals surface area (Å²) in [6.07, 6.45) is 6.68. The van der Waals surface area contributed by atoms with Crippen LogP contribution in [0.3, 0.4) is 0 Å². The van der Waals surface area contributed by atoms with Gasteiger partial charge in [-0.25, -0.2) is 0 Å². The maximum absolute atomic E-state index is 12.2. The topological polar surface area (TPSA) is 29.1 Å². The van der Waals surface area contributed by atoms with Crippen molar-refractivity contribution in [2.45, 2.75) is 12.8 Å². The van der Waals surface area contributed by atoms with Gasteiger partial charge in [-0.3, -0.25) is 4.79 Å². The van der Waals surface area contributed by atoms with Gasteiger partial charge in [0.15, 0.2) is 0 Å². The van der Waals surface area contributed by atoms with Crippen LogP contribution in [0.2, 0.25) is 0 Å². The van der Waals surface area contributed by atoms with E-state index in [0.717, 1.165) is 15.7 Å². The summed E-state index contributed by atoms with van der Waals surface area (Å²) in [6, 6.07) is 7.94. The van der Waals surface area contributed by atoms with Crippen molar-refractivity contribution in [1.82, 2.24) is 0 Å². The van der Waals surface area contributed by atoms with E-state index in [-0.39, 0.29) is 11.8 Å². The molecule has 1 saturated carbocycles. The molecule has 3 heteroatoms. The normalized spacial score (nSPS) is 29.6. The second-order valence-corrected chi connectivity index (χ2v) is 6.13. The Morgan fingerprint density at radius 3 is 2.82 bits per heavy atom. The highest BCUT2D eigenvalue weighted by molar-refractivity contribution is 14.1. The Kier molecular flexibility index (Phi) is 2.94. The van der Waals surface area contributed by atoms with Crippen LogP contribution in [0, 0.1) is 21.3 Å². The average Bonchev–Trinajstić information content (AvgIpc) is 2.90. The third kappa shape index (κ3) is 2.25. The minimum Gasteiger partial charge on any atom is -0.326 e. The number of nitrogens with one attached hydrogen (secondary N) is 1. The van der Waals surface area contributed by atoms with Gasteiger partial charge in [0.25, 0.3) is 0 Å². The third-order valence-electron chi connectivity index (χ3n) is 3.71. The predicted octanol–water partition coefficient (Wildman–Crippen LogP) is 3.44. The van der Waals surface area contributed by atoms with Gasteiger partial charge in [-0.2, -0.15) is 0 Å². The molecule has 1 aromatic rings. The quantitative estimate of drug-likeness (QED) is 0.649. The number of fused-ring (bicyclic) bond motifs is 2. The SMILES string of the molecule is O=C(Nc1cccc(I)c1)C1CC2C=CC1C2. The standard InChI is InChI=1S/C14H14INO/c15-11-2-1-3-12(8-11)16-14(17)13-7-9-4-5-10(13)6-9/h1-5,8-10,13H,6-7H2,(H,16,17). The van der Waals surface area contributed by atoms with Crippen molar-refractivity contribution in [3.05, 3.63) is 40.0 Å². The lowest BCUT2D eigenvalue weighted by molar-refractivity contribution is -0.120. The number of rotatable bonds is 2. The van der Waals surface area contributed by atoms with E-state index in [9.17, 15) is 4.79 Å². The Balaban J connectivity index is 1.70. The van der Waals surface area contributed by atoms with E-state index in [1.165, 1.54) is 6.42 Å². The number of halogens is 1. The zero-order chi connectivity index (χ0) is 11.8. The van der Waals surface area contributed by atoms with Crippen LogP contribution >= 0.6 is 22.6 Å². The van der Waals surface area contributed by atoms with Crippen molar-refractivity contribution in [2.24, 2.45) is 17.8 Å². The van der Waals surface area contributed by atoms with Crippen molar-refractivity contribution in [3.8, 4) is 0 Å². The summed E-state index contributed by atoms with van der Waals surface area (Å²) in [5.41, 5.74) is 0.911. The third-order valence-corrected chi connectivity index (χ3v) is 4.38. The molecule has 0 saturated heterocycles. The Bertz CT molecular complexity index is 483. The highest BCUT2D eigenvalue weighted by Crippen LogP contribution is 2.43. The summed E-state index contributed by atoms with van der Waals surface area (Å²) in [5.74, 6) is 1.49. The first kappa shape index (κ1) is 11.3. The minimum atomic E-state index is 0.183. The van der Waals surface area contributed by atoms with Crippen LogP contribution in [-0.2, 0) is 4.79 Å². The molecule has 2 bridgehead atoms. The molecule has 1 N–H and O–H groups in total. The molecule has 3 unspecified atom stereocenters. The average molecular weight is 339 g/mol. The second-order valence-electron chi connectivity index (χ2n) is 4.89. The zero-order valence-corrected chi connectivity index (χ0v) is 11.6. The summed E-state index contributed by atoms with van der Waals surface area (Å²) in [6.45, 7) is 0. The summed E-state index contributed by atoms with van der Waals surface area (Å²) < 4.78 is 1.15. The Morgan fingerprint density at radius 1 is 1.29 bits per heavy atom. The molecule has 3 rings (SSSR count). The number of benzene rings is 1. The van der Waals surface area contributed by atoms with Gasteiger partial charge in [-0.05, 0) is 65.5 Å². The molecule has 1 aromatic carbocycles. The lowest BCUT2D eigenvalue weighted by Crippen LogP contribution is -2.25. The van der Waals surface area contributed by atoms with Gasteiger partial charge < -0.3 is 5.32 Å². The molecule has 2 aliphatic rings. The highest BCUT2D eigenvalue weighted by atomic mass is 127. The van der Waals surface area contributed by atoms with E-state index in [2.05, 4.69) is 40.1 Å². The van der Waals surface area contributed by atoms with Gasteiger partial charge in [-0.1, -0.05) is 18.2 Å². The van der Waals surface area contributed by atoms with Crippen LogP contribution in [0.25, 0.3) is 0 Å². The first-order valence-electron chi connectivity index (χ1n) is 5.97. The lowest BCUT2D eigenvalue weighted by Gasteiger charge is -2.17. The number of anilines is 1. The molecule has 2 nitrogen and oxygen atoms in total. The van der Waals surface area contributed by atoms with E-state index >= 15 is 0 Å². The van der Waals surface area contributed by atoms with Crippen LogP contribution in [0.1, 0.15) is 12.8 Å². The molecule has 2 aliphatic carbocycles. The molecule has 88 valence electrons. The fraction of sp³-hybridized carbons (Fsp3) is 0.357. The summed E-state index contributed by atoms with van der Waals surface area (Å²) in [7, 11) is 0. The van der Waals surface area contributed by atoms with E-state index in [4.69, 9.17) is 0 Å². The van der Waals surface area contributed by atoms with Gasteiger partial charge >= 0.3 is 0 Å². The maximum atomic E-state index is 12.2. The number of amides is 1. The Hall–Kier alpha value is -0.840. The van der Waals surface area contributed by atoms with E-state index in [1.807, 2.05) is 24.3 Å².